The smallest absolute Gasteiger partial charge is 0.160 e. The second-order valence-electron chi connectivity index (χ2n) is 2.22. The summed E-state index contributed by atoms with van der Waals surface area (Å²) in [6.45, 7) is 0.857. The highest BCUT2D eigenvalue weighted by atomic mass is 32.2. The molecule has 0 radical (unpaired) electrons. The third kappa shape index (κ3) is 0.991. The molecule has 0 bridgehead atoms. The van der Waals surface area contributed by atoms with Gasteiger partial charge in [0.2, 0.25) is 0 Å². The summed E-state index contributed by atoms with van der Waals surface area (Å²) < 4.78 is 5.38. The summed E-state index contributed by atoms with van der Waals surface area (Å²) in [7, 11) is 0. The first-order valence-electron chi connectivity index (χ1n) is 3.32. The predicted octanol–water partition coefficient (Wildman–Crippen LogP) is 2.44. The molecule has 2 heterocycles. The fourth-order valence-electron chi connectivity index (χ4n) is 1.03. The molecule has 0 atom stereocenters. The molecule has 0 saturated carbocycles. The summed E-state index contributed by atoms with van der Waals surface area (Å²) in [4.78, 5) is 0. The summed E-state index contributed by atoms with van der Waals surface area (Å²) in [5, 5.41) is 3.13. The second-order valence-corrected chi connectivity index (χ2v) is 3.10. The van der Waals surface area contributed by atoms with E-state index in [4.69, 9.17) is 4.74 Å². The van der Waals surface area contributed by atoms with Crippen molar-refractivity contribution in [3.05, 3.63) is 34.3 Å². The monoisotopic (exact) mass is 152 g/mol. The first-order valence-corrected chi connectivity index (χ1v) is 4.20. The molecular formula is C8H8OS. The van der Waals surface area contributed by atoms with Crippen molar-refractivity contribution in [1.29, 1.82) is 0 Å². The van der Waals surface area contributed by atoms with E-state index in [9.17, 15) is 0 Å². The number of allylic oxidation sites excluding steroid dienone is 3. The van der Waals surface area contributed by atoms with Crippen LogP contribution in [0.1, 0.15) is 6.42 Å². The zero-order chi connectivity index (χ0) is 6.81. The zero-order valence-corrected chi connectivity index (χ0v) is 6.36. The van der Waals surface area contributed by atoms with E-state index in [1.165, 1.54) is 5.57 Å². The molecule has 0 spiro atoms. The minimum Gasteiger partial charge on any atom is -0.486 e. The number of hydrogen-bond acceptors (Lipinski definition) is 2. The van der Waals surface area contributed by atoms with Crippen molar-refractivity contribution in [2.75, 3.05) is 6.61 Å². The molecule has 1 nitrogen and oxygen atoms in total. The Morgan fingerprint density at radius 2 is 2.40 bits per heavy atom. The number of hydrogen-bond donors (Lipinski definition) is 0. The van der Waals surface area contributed by atoms with Crippen LogP contribution in [0.15, 0.2) is 34.3 Å². The van der Waals surface area contributed by atoms with Crippen LogP contribution >= 0.6 is 11.8 Å². The van der Waals surface area contributed by atoms with Gasteiger partial charge in [0.05, 0.1) is 6.61 Å². The minimum absolute atomic E-state index is 0.857. The molecule has 0 aromatic carbocycles. The molecular weight excluding hydrogens is 144 g/mol. The summed E-state index contributed by atoms with van der Waals surface area (Å²) in [6.07, 6.45) is 7.29. The summed E-state index contributed by atoms with van der Waals surface area (Å²) in [5.41, 5.74) is 1.34. The highest BCUT2D eigenvalue weighted by molar-refractivity contribution is 8.05. The molecule has 0 aromatic heterocycles. The van der Waals surface area contributed by atoms with Crippen LogP contribution in [0.3, 0.4) is 0 Å². The van der Waals surface area contributed by atoms with Crippen molar-refractivity contribution < 1.29 is 4.74 Å². The van der Waals surface area contributed by atoms with Gasteiger partial charge in [-0.05, 0) is 5.41 Å². The third-order valence-corrected chi connectivity index (χ3v) is 2.42. The lowest BCUT2D eigenvalue weighted by atomic mass is 10.2. The lowest BCUT2D eigenvalue weighted by molar-refractivity contribution is 0.271. The van der Waals surface area contributed by atoms with Gasteiger partial charge in [-0.2, -0.15) is 0 Å². The van der Waals surface area contributed by atoms with Gasteiger partial charge < -0.3 is 4.74 Å². The van der Waals surface area contributed by atoms with Crippen LogP contribution < -0.4 is 0 Å². The molecule has 0 saturated heterocycles. The van der Waals surface area contributed by atoms with Crippen LogP contribution in [-0.2, 0) is 4.74 Å². The maximum Gasteiger partial charge on any atom is 0.160 e. The first-order chi connectivity index (χ1) is 4.97. The van der Waals surface area contributed by atoms with Gasteiger partial charge in [0, 0.05) is 12.0 Å². The van der Waals surface area contributed by atoms with Crippen molar-refractivity contribution in [2.45, 2.75) is 6.42 Å². The van der Waals surface area contributed by atoms with E-state index in [2.05, 4.69) is 12.2 Å². The lowest BCUT2D eigenvalue weighted by Crippen LogP contribution is -1.77. The van der Waals surface area contributed by atoms with E-state index in [-0.39, 0.29) is 0 Å². The fourth-order valence-corrected chi connectivity index (χ4v) is 1.79. The molecule has 0 amide bonds. The van der Waals surface area contributed by atoms with Crippen molar-refractivity contribution in [1.82, 2.24) is 0 Å². The van der Waals surface area contributed by atoms with Crippen molar-refractivity contribution in [3.8, 4) is 0 Å². The van der Waals surface area contributed by atoms with Gasteiger partial charge in [-0.15, -0.1) is 0 Å². The standard InChI is InChI=1S/C8H8OS/c1-2-6-10-8-7(3-1)4-5-9-8/h1-3,6H,4-5H2. The van der Waals surface area contributed by atoms with Gasteiger partial charge in [0.25, 0.3) is 0 Å². The normalized spacial score (nSPS) is 22.4. The fraction of sp³-hybridized carbons (Fsp3) is 0.250. The van der Waals surface area contributed by atoms with Gasteiger partial charge in [-0.1, -0.05) is 30.0 Å². The molecule has 0 N–H and O–H groups in total. The lowest BCUT2D eigenvalue weighted by Gasteiger charge is -1.96. The largest absolute Gasteiger partial charge is 0.486 e. The van der Waals surface area contributed by atoms with E-state index in [1.54, 1.807) is 11.8 Å². The molecule has 0 aliphatic carbocycles. The van der Waals surface area contributed by atoms with Crippen molar-refractivity contribution in [3.63, 3.8) is 0 Å². The van der Waals surface area contributed by atoms with Crippen LogP contribution in [0.2, 0.25) is 0 Å². The topological polar surface area (TPSA) is 9.23 Å². The zero-order valence-electron chi connectivity index (χ0n) is 5.54. The van der Waals surface area contributed by atoms with Gasteiger partial charge in [-0.25, -0.2) is 0 Å². The molecule has 0 aromatic rings. The Balaban J connectivity index is 2.30. The van der Waals surface area contributed by atoms with Gasteiger partial charge in [-0.3, -0.25) is 0 Å². The Morgan fingerprint density at radius 3 is 3.40 bits per heavy atom. The second kappa shape index (κ2) is 2.54. The Labute approximate surface area is 64.5 Å². The van der Waals surface area contributed by atoms with Crippen LogP contribution in [0.25, 0.3) is 0 Å². The van der Waals surface area contributed by atoms with E-state index in [1.807, 2.05) is 11.5 Å². The Hall–Kier alpha value is -0.630. The highest BCUT2D eigenvalue weighted by Gasteiger charge is 2.13. The molecule has 10 heavy (non-hydrogen) atoms. The summed E-state index contributed by atoms with van der Waals surface area (Å²) >= 11 is 1.67. The van der Waals surface area contributed by atoms with E-state index in [0.29, 0.717) is 0 Å². The van der Waals surface area contributed by atoms with E-state index >= 15 is 0 Å². The first kappa shape index (κ1) is 6.10. The third-order valence-electron chi connectivity index (χ3n) is 1.53. The number of ether oxygens (including phenoxy) is 1. The van der Waals surface area contributed by atoms with Gasteiger partial charge >= 0.3 is 0 Å². The number of rotatable bonds is 0. The maximum absolute atomic E-state index is 5.38. The van der Waals surface area contributed by atoms with E-state index in [0.717, 1.165) is 18.1 Å². The molecule has 0 unspecified atom stereocenters. The van der Waals surface area contributed by atoms with Crippen LogP contribution in [0.5, 0.6) is 0 Å². The highest BCUT2D eigenvalue weighted by Crippen LogP contribution is 2.31. The minimum atomic E-state index is 0.857. The summed E-state index contributed by atoms with van der Waals surface area (Å²) in [6, 6.07) is 0. The van der Waals surface area contributed by atoms with Crippen LogP contribution in [-0.4, -0.2) is 6.61 Å². The van der Waals surface area contributed by atoms with Gasteiger partial charge in [0.15, 0.2) is 5.09 Å². The van der Waals surface area contributed by atoms with Crippen LogP contribution in [0.4, 0.5) is 0 Å². The van der Waals surface area contributed by atoms with Gasteiger partial charge in [0.1, 0.15) is 0 Å². The van der Waals surface area contributed by atoms with E-state index < -0.39 is 0 Å². The summed E-state index contributed by atoms with van der Waals surface area (Å²) in [5.74, 6) is 0. The molecule has 2 rings (SSSR count). The molecule has 2 aliphatic rings. The Bertz CT molecular complexity index is 225. The number of thioether (sulfide) groups is 1. The maximum atomic E-state index is 5.38. The predicted molar refractivity (Wildman–Crippen MR) is 43.5 cm³/mol. The Morgan fingerprint density at radius 1 is 1.40 bits per heavy atom. The SMILES string of the molecule is C1=CSC2=C(C=C1)CCO2. The molecule has 0 fully saturated rings. The Kier molecular flexibility index (Phi) is 1.55. The van der Waals surface area contributed by atoms with Crippen molar-refractivity contribution >= 4 is 11.8 Å². The molecule has 2 aliphatic heterocycles. The average molecular weight is 152 g/mol. The quantitative estimate of drug-likeness (QED) is 0.527. The van der Waals surface area contributed by atoms with Crippen molar-refractivity contribution in [2.24, 2.45) is 0 Å². The molecule has 52 valence electrons. The average Bonchev–Trinajstić information content (AvgIpc) is 2.28. The van der Waals surface area contributed by atoms with Crippen LogP contribution in [0, 0.1) is 0 Å². The molecule has 2 heteroatoms.